The molecule has 0 saturated carbocycles. The van der Waals surface area contributed by atoms with E-state index in [1.54, 1.807) is 7.11 Å². The fraction of sp³-hybridized carbons (Fsp3) is 0.533. The number of rotatable bonds is 7. The van der Waals surface area contributed by atoms with Crippen LogP contribution in [0, 0.1) is 0 Å². The summed E-state index contributed by atoms with van der Waals surface area (Å²) in [5.41, 5.74) is 1.24. The fourth-order valence-electron chi connectivity index (χ4n) is 1.79. The van der Waals surface area contributed by atoms with Crippen LogP contribution in [0.2, 0.25) is 0 Å². The molecule has 0 spiro atoms. The standard InChI is InChI=1S/C15H25N3OS.HI/c1-5-16-15(17-10-11-20-4)18(2)12-13-6-8-14(19-3)9-7-13;/h6-9H,5,10-12H2,1-4H3,(H,16,17);1H. The quantitative estimate of drug-likeness (QED) is 0.317. The van der Waals surface area contributed by atoms with E-state index in [0.29, 0.717) is 0 Å². The van der Waals surface area contributed by atoms with Gasteiger partial charge < -0.3 is 15.0 Å². The minimum absolute atomic E-state index is 0. The van der Waals surface area contributed by atoms with E-state index in [1.807, 2.05) is 23.9 Å². The Morgan fingerprint density at radius 3 is 2.52 bits per heavy atom. The first-order valence-corrected chi connectivity index (χ1v) is 8.22. The Hall–Kier alpha value is -0.630. The Labute approximate surface area is 149 Å². The third-order valence-electron chi connectivity index (χ3n) is 2.83. The molecular formula is C15H26IN3OS. The summed E-state index contributed by atoms with van der Waals surface area (Å²) in [5.74, 6) is 2.89. The van der Waals surface area contributed by atoms with Crippen LogP contribution in [0.15, 0.2) is 29.3 Å². The molecule has 6 heteroatoms. The highest BCUT2D eigenvalue weighted by Gasteiger charge is 2.06. The smallest absolute Gasteiger partial charge is 0.193 e. The first-order valence-electron chi connectivity index (χ1n) is 6.82. The number of benzene rings is 1. The van der Waals surface area contributed by atoms with Crippen molar-refractivity contribution in [2.75, 3.05) is 39.3 Å². The first-order chi connectivity index (χ1) is 9.71. The van der Waals surface area contributed by atoms with Crippen molar-refractivity contribution in [3.63, 3.8) is 0 Å². The van der Waals surface area contributed by atoms with Gasteiger partial charge in [0.1, 0.15) is 5.75 Å². The van der Waals surface area contributed by atoms with Crippen molar-refractivity contribution in [1.29, 1.82) is 0 Å². The molecule has 0 atom stereocenters. The Bertz CT molecular complexity index is 412. The minimum Gasteiger partial charge on any atom is -0.497 e. The third kappa shape index (κ3) is 7.80. The summed E-state index contributed by atoms with van der Waals surface area (Å²) in [5, 5.41) is 3.33. The van der Waals surface area contributed by atoms with Crippen molar-refractivity contribution >= 4 is 41.7 Å². The maximum absolute atomic E-state index is 5.17. The largest absolute Gasteiger partial charge is 0.497 e. The number of thioether (sulfide) groups is 1. The van der Waals surface area contributed by atoms with E-state index in [1.165, 1.54) is 5.56 Å². The lowest BCUT2D eigenvalue weighted by atomic mass is 10.2. The molecule has 1 aromatic rings. The first kappa shape index (κ1) is 20.4. The molecule has 21 heavy (non-hydrogen) atoms. The highest BCUT2D eigenvalue weighted by molar-refractivity contribution is 14.0. The minimum atomic E-state index is 0. The molecule has 0 aromatic heterocycles. The summed E-state index contributed by atoms with van der Waals surface area (Å²) < 4.78 is 5.17. The van der Waals surface area contributed by atoms with Crippen molar-refractivity contribution in [2.24, 2.45) is 4.99 Å². The summed E-state index contributed by atoms with van der Waals surface area (Å²) >= 11 is 1.81. The molecule has 0 heterocycles. The zero-order chi connectivity index (χ0) is 14.8. The van der Waals surface area contributed by atoms with E-state index < -0.39 is 0 Å². The average Bonchev–Trinajstić information content (AvgIpc) is 2.47. The van der Waals surface area contributed by atoms with Gasteiger partial charge in [0.15, 0.2) is 5.96 Å². The number of methoxy groups -OCH3 is 1. The van der Waals surface area contributed by atoms with Crippen molar-refractivity contribution in [3.8, 4) is 5.75 Å². The van der Waals surface area contributed by atoms with E-state index >= 15 is 0 Å². The van der Waals surface area contributed by atoms with Crippen LogP contribution in [0.1, 0.15) is 12.5 Å². The van der Waals surface area contributed by atoms with Crippen LogP contribution in [0.4, 0.5) is 0 Å². The van der Waals surface area contributed by atoms with Crippen LogP contribution in [0.5, 0.6) is 5.75 Å². The molecule has 0 bridgehead atoms. The van der Waals surface area contributed by atoms with Crippen molar-refractivity contribution in [1.82, 2.24) is 10.2 Å². The number of hydrogen-bond acceptors (Lipinski definition) is 3. The van der Waals surface area contributed by atoms with Gasteiger partial charge in [0, 0.05) is 25.9 Å². The second-order valence-corrected chi connectivity index (χ2v) is 5.42. The third-order valence-corrected chi connectivity index (χ3v) is 3.42. The molecular weight excluding hydrogens is 397 g/mol. The van der Waals surface area contributed by atoms with Crippen LogP contribution in [-0.4, -0.2) is 50.1 Å². The molecule has 0 radical (unpaired) electrons. The number of nitrogens with zero attached hydrogens (tertiary/aromatic N) is 2. The topological polar surface area (TPSA) is 36.9 Å². The second kappa shape index (κ2) is 12.0. The molecule has 4 nitrogen and oxygen atoms in total. The molecule has 120 valence electrons. The van der Waals surface area contributed by atoms with Crippen LogP contribution < -0.4 is 10.1 Å². The van der Waals surface area contributed by atoms with Crippen LogP contribution in [-0.2, 0) is 6.54 Å². The Morgan fingerprint density at radius 1 is 1.33 bits per heavy atom. The lowest BCUT2D eigenvalue weighted by Crippen LogP contribution is -2.38. The second-order valence-electron chi connectivity index (χ2n) is 4.43. The summed E-state index contributed by atoms with van der Waals surface area (Å²) in [6, 6.07) is 8.14. The van der Waals surface area contributed by atoms with Gasteiger partial charge in [-0.15, -0.1) is 24.0 Å². The zero-order valence-corrected chi connectivity index (χ0v) is 16.4. The van der Waals surface area contributed by atoms with E-state index in [2.05, 4.69) is 47.6 Å². The van der Waals surface area contributed by atoms with Crippen molar-refractivity contribution in [2.45, 2.75) is 13.5 Å². The molecule has 0 unspecified atom stereocenters. The summed E-state index contributed by atoms with van der Waals surface area (Å²) in [4.78, 5) is 6.76. The lowest BCUT2D eigenvalue weighted by Gasteiger charge is -2.22. The molecule has 1 rings (SSSR count). The fourth-order valence-corrected chi connectivity index (χ4v) is 2.07. The zero-order valence-electron chi connectivity index (χ0n) is 13.3. The van der Waals surface area contributed by atoms with Gasteiger partial charge in [0.25, 0.3) is 0 Å². The molecule has 1 aromatic carbocycles. The SMILES string of the molecule is CCNC(=NCCSC)N(C)Cc1ccc(OC)cc1.I. The van der Waals surface area contributed by atoms with E-state index in [0.717, 1.165) is 37.1 Å². The maximum Gasteiger partial charge on any atom is 0.193 e. The van der Waals surface area contributed by atoms with Gasteiger partial charge in [0.2, 0.25) is 0 Å². The molecule has 0 aliphatic heterocycles. The Balaban J connectivity index is 0.00000400. The van der Waals surface area contributed by atoms with Gasteiger partial charge in [0.05, 0.1) is 13.7 Å². The van der Waals surface area contributed by atoms with Crippen molar-refractivity contribution in [3.05, 3.63) is 29.8 Å². The number of ether oxygens (including phenoxy) is 1. The lowest BCUT2D eigenvalue weighted by molar-refractivity contribution is 0.414. The highest BCUT2D eigenvalue weighted by Crippen LogP contribution is 2.12. The monoisotopic (exact) mass is 423 g/mol. The summed E-state index contributed by atoms with van der Waals surface area (Å²) in [6.45, 7) is 4.64. The van der Waals surface area contributed by atoms with Gasteiger partial charge in [-0.05, 0) is 30.9 Å². The molecule has 1 N–H and O–H groups in total. The van der Waals surface area contributed by atoms with Crippen LogP contribution in [0.25, 0.3) is 0 Å². The summed E-state index contributed by atoms with van der Waals surface area (Å²) in [7, 11) is 3.74. The average molecular weight is 423 g/mol. The van der Waals surface area contributed by atoms with Gasteiger partial charge in [-0.1, -0.05) is 12.1 Å². The normalized spacial score (nSPS) is 10.8. The number of halogens is 1. The molecule has 0 amide bonds. The Morgan fingerprint density at radius 2 is 2.00 bits per heavy atom. The van der Waals surface area contributed by atoms with Crippen molar-refractivity contribution < 1.29 is 4.74 Å². The predicted octanol–water partition coefficient (Wildman–Crippen LogP) is 3.07. The highest BCUT2D eigenvalue weighted by atomic mass is 127. The maximum atomic E-state index is 5.17. The van der Waals surface area contributed by atoms with E-state index in [9.17, 15) is 0 Å². The number of aliphatic imine (C=N–C) groups is 1. The predicted molar refractivity (Wildman–Crippen MR) is 104 cm³/mol. The molecule has 0 aliphatic carbocycles. The van der Waals surface area contributed by atoms with E-state index in [-0.39, 0.29) is 24.0 Å². The van der Waals surface area contributed by atoms with Gasteiger partial charge >= 0.3 is 0 Å². The van der Waals surface area contributed by atoms with Gasteiger partial charge in [-0.25, -0.2) is 0 Å². The Kier molecular flexibility index (Phi) is 11.6. The number of nitrogens with one attached hydrogen (secondary N) is 1. The number of guanidine groups is 1. The summed E-state index contributed by atoms with van der Waals surface area (Å²) in [6.07, 6.45) is 2.10. The van der Waals surface area contributed by atoms with Crippen LogP contribution >= 0.6 is 35.7 Å². The molecule has 0 saturated heterocycles. The number of hydrogen-bond donors (Lipinski definition) is 1. The molecule has 0 aliphatic rings. The van der Waals surface area contributed by atoms with Gasteiger partial charge in [-0.2, -0.15) is 11.8 Å². The van der Waals surface area contributed by atoms with Crippen LogP contribution in [0.3, 0.4) is 0 Å². The molecule has 0 fully saturated rings. The van der Waals surface area contributed by atoms with E-state index in [4.69, 9.17) is 4.74 Å². The van der Waals surface area contributed by atoms with Gasteiger partial charge in [-0.3, -0.25) is 4.99 Å².